The molecule has 0 saturated heterocycles. The smallest absolute Gasteiger partial charge is 0.250 e. The summed E-state index contributed by atoms with van der Waals surface area (Å²) in [5.41, 5.74) is 3.33. The Hall–Kier alpha value is -4.63. The van der Waals surface area contributed by atoms with Crippen LogP contribution in [0.3, 0.4) is 0 Å². The summed E-state index contributed by atoms with van der Waals surface area (Å²) in [5, 5.41) is 0. The van der Waals surface area contributed by atoms with E-state index in [4.69, 9.17) is 13.9 Å². The minimum atomic E-state index is 0.196. The van der Waals surface area contributed by atoms with Crippen molar-refractivity contribution in [2.45, 2.75) is 6.61 Å². The van der Waals surface area contributed by atoms with E-state index in [-0.39, 0.29) is 6.61 Å². The highest BCUT2D eigenvalue weighted by molar-refractivity contribution is 5.71. The maximum atomic E-state index is 5.99. The SMILES string of the molecule is COc1cccc(C#Cc2nc3ncccc3nc2OCc2ccc(-c3ccccc3)o2)c1. The zero-order valence-corrected chi connectivity index (χ0v) is 17.9. The summed E-state index contributed by atoms with van der Waals surface area (Å²) in [6.45, 7) is 0.196. The number of benzene rings is 2. The molecule has 0 saturated carbocycles. The van der Waals surface area contributed by atoms with Gasteiger partial charge in [0.25, 0.3) is 0 Å². The molecule has 0 fully saturated rings. The predicted molar refractivity (Wildman–Crippen MR) is 125 cm³/mol. The lowest BCUT2D eigenvalue weighted by Gasteiger charge is -2.06. The molecule has 5 aromatic rings. The van der Waals surface area contributed by atoms with E-state index in [0.717, 1.165) is 22.6 Å². The fraction of sp³-hybridized carbons (Fsp3) is 0.0741. The van der Waals surface area contributed by atoms with Gasteiger partial charge in [0.2, 0.25) is 5.88 Å². The molecule has 0 radical (unpaired) electrons. The van der Waals surface area contributed by atoms with Gasteiger partial charge in [-0.3, -0.25) is 0 Å². The number of hydrogen-bond donors (Lipinski definition) is 0. The first-order chi connectivity index (χ1) is 16.3. The molecule has 6 heteroatoms. The highest BCUT2D eigenvalue weighted by Gasteiger charge is 2.11. The first-order valence-electron chi connectivity index (χ1n) is 10.3. The Bertz CT molecular complexity index is 1470. The van der Waals surface area contributed by atoms with E-state index in [0.29, 0.717) is 28.5 Å². The summed E-state index contributed by atoms with van der Waals surface area (Å²) in [7, 11) is 1.62. The molecule has 2 aromatic carbocycles. The second-order valence-corrected chi connectivity index (χ2v) is 7.13. The predicted octanol–water partition coefficient (Wildman–Crippen LogP) is 5.27. The number of nitrogens with zero attached hydrogens (tertiary/aromatic N) is 3. The minimum absolute atomic E-state index is 0.196. The topological polar surface area (TPSA) is 70.3 Å². The van der Waals surface area contributed by atoms with Crippen LogP contribution in [0.25, 0.3) is 22.5 Å². The van der Waals surface area contributed by atoms with Gasteiger partial charge in [-0.1, -0.05) is 42.3 Å². The van der Waals surface area contributed by atoms with Crippen molar-refractivity contribution in [3.63, 3.8) is 0 Å². The number of rotatable bonds is 5. The highest BCUT2D eigenvalue weighted by atomic mass is 16.5. The van der Waals surface area contributed by atoms with Gasteiger partial charge in [-0.05, 0) is 48.4 Å². The molecule has 160 valence electrons. The maximum Gasteiger partial charge on any atom is 0.250 e. The van der Waals surface area contributed by atoms with Gasteiger partial charge in [-0.25, -0.2) is 15.0 Å². The van der Waals surface area contributed by atoms with Crippen molar-refractivity contribution in [2.24, 2.45) is 0 Å². The largest absolute Gasteiger partial charge is 0.497 e. The number of hydrogen-bond acceptors (Lipinski definition) is 6. The third-order valence-electron chi connectivity index (χ3n) is 4.87. The number of pyridine rings is 1. The molecule has 0 bridgehead atoms. The summed E-state index contributed by atoms with van der Waals surface area (Å²) >= 11 is 0. The lowest BCUT2D eigenvalue weighted by molar-refractivity contribution is 0.261. The van der Waals surface area contributed by atoms with Gasteiger partial charge < -0.3 is 13.9 Å². The van der Waals surface area contributed by atoms with Crippen molar-refractivity contribution < 1.29 is 13.9 Å². The highest BCUT2D eigenvalue weighted by Crippen LogP contribution is 2.24. The fourth-order valence-corrected chi connectivity index (χ4v) is 3.24. The second kappa shape index (κ2) is 9.25. The van der Waals surface area contributed by atoms with E-state index >= 15 is 0 Å². The van der Waals surface area contributed by atoms with E-state index in [1.807, 2.05) is 72.8 Å². The Balaban J connectivity index is 1.43. The molecule has 3 heterocycles. The Morgan fingerprint density at radius 3 is 2.67 bits per heavy atom. The van der Waals surface area contributed by atoms with Gasteiger partial charge in [0, 0.05) is 17.3 Å². The molecule has 0 aliphatic rings. The van der Waals surface area contributed by atoms with Crippen molar-refractivity contribution >= 4 is 11.2 Å². The fourth-order valence-electron chi connectivity index (χ4n) is 3.24. The second-order valence-electron chi connectivity index (χ2n) is 7.13. The third kappa shape index (κ3) is 4.68. The molecule has 0 amide bonds. The Labute approximate surface area is 190 Å². The standard InChI is InChI=1S/C27H19N3O3/c1-31-21-10-5-7-19(17-21)12-14-24-27(30-23-11-6-16-28-26(23)29-24)32-18-22-13-15-25(33-22)20-8-3-2-4-9-20/h2-11,13,15-17H,18H2,1H3. The van der Waals surface area contributed by atoms with Crippen molar-refractivity contribution in [1.82, 2.24) is 15.0 Å². The molecule has 0 unspecified atom stereocenters. The van der Waals surface area contributed by atoms with Crippen LogP contribution in [0.2, 0.25) is 0 Å². The molecule has 0 spiro atoms. The van der Waals surface area contributed by atoms with E-state index in [1.54, 1.807) is 19.4 Å². The molecule has 0 aliphatic carbocycles. The molecule has 5 rings (SSSR count). The van der Waals surface area contributed by atoms with Crippen LogP contribution in [0.1, 0.15) is 17.0 Å². The maximum absolute atomic E-state index is 5.99. The Morgan fingerprint density at radius 1 is 0.879 bits per heavy atom. The molecular weight excluding hydrogens is 414 g/mol. The van der Waals surface area contributed by atoms with Crippen LogP contribution in [-0.4, -0.2) is 22.1 Å². The van der Waals surface area contributed by atoms with Gasteiger partial charge in [-0.2, -0.15) is 0 Å². The number of ether oxygens (including phenoxy) is 2. The summed E-state index contributed by atoms with van der Waals surface area (Å²) in [6.07, 6.45) is 1.67. The van der Waals surface area contributed by atoms with Gasteiger partial charge in [0.05, 0.1) is 7.11 Å². The quantitative estimate of drug-likeness (QED) is 0.352. The van der Waals surface area contributed by atoms with Gasteiger partial charge in [-0.15, -0.1) is 0 Å². The molecule has 33 heavy (non-hydrogen) atoms. The van der Waals surface area contributed by atoms with Gasteiger partial charge in [0.15, 0.2) is 11.3 Å². The zero-order valence-electron chi connectivity index (χ0n) is 17.9. The van der Waals surface area contributed by atoms with Crippen LogP contribution in [0, 0.1) is 11.8 Å². The van der Waals surface area contributed by atoms with Gasteiger partial charge >= 0.3 is 0 Å². The summed E-state index contributed by atoms with van der Waals surface area (Å²) in [4.78, 5) is 13.4. The van der Waals surface area contributed by atoms with E-state index in [1.165, 1.54) is 0 Å². The average molecular weight is 433 g/mol. The zero-order chi connectivity index (χ0) is 22.5. The number of fused-ring (bicyclic) bond motifs is 1. The summed E-state index contributed by atoms with van der Waals surface area (Å²) < 4.78 is 17.2. The summed E-state index contributed by atoms with van der Waals surface area (Å²) in [6, 6.07) is 24.9. The normalized spacial score (nSPS) is 10.5. The van der Waals surface area contributed by atoms with Crippen LogP contribution in [-0.2, 0) is 6.61 Å². The van der Waals surface area contributed by atoms with Crippen LogP contribution in [0.5, 0.6) is 11.6 Å². The molecule has 0 N–H and O–H groups in total. The molecule has 3 aromatic heterocycles. The first-order valence-corrected chi connectivity index (χ1v) is 10.3. The third-order valence-corrected chi connectivity index (χ3v) is 4.87. The van der Waals surface area contributed by atoms with Crippen molar-refractivity contribution in [3.05, 3.63) is 102 Å². The van der Waals surface area contributed by atoms with Crippen LogP contribution in [0.4, 0.5) is 0 Å². The molecule has 0 atom stereocenters. The lowest BCUT2D eigenvalue weighted by Crippen LogP contribution is -2.02. The molecule has 6 nitrogen and oxygen atoms in total. The number of furan rings is 1. The molecule has 0 aliphatic heterocycles. The minimum Gasteiger partial charge on any atom is -0.497 e. The lowest BCUT2D eigenvalue weighted by atomic mass is 10.2. The van der Waals surface area contributed by atoms with Crippen molar-refractivity contribution in [3.8, 4) is 34.8 Å². The van der Waals surface area contributed by atoms with Crippen LogP contribution in [0.15, 0.2) is 89.5 Å². The summed E-state index contributed by atoms with van der Waals surface area (Å²) in [5.74, 6) is 8.68. The van der Waals surface area contributed by atoms with E-state index < -0.39 is 0 Å². The van der Waals surface area contributed by atoms with Crippen molar-refractivity contribution in [1.29, 1.82) is 0 Å². The average Bonchev–Trinajstić information content (AvgIpc) is 3.36. The number of methoxy groups -OCH3 is 1. The van der Waals surface area contributed by atoms with Crippen LogP contribution < -0.4 is 9.47 Å². The van der Waals surface area contributed by atoms with Crippen LogP contribution >= 0.6 is 0 Å². The van der Waals surface area contributed by atoms with E-state index in [9.17, 15) is 0 Å². The monoisotopic (exact) mass is 433 g/mol. The van der Waals surface area contributed by atoms with E-state index in [2.05, 4.69) is 26.8 Å². The van der Waals surface area contributed by atoms with Crippen molar-refractivity contribution in [2.75, 3.05) is 7.11 Å². The first kappa shape index (κ1) is 20.3. The molecular formula is C27H19N3O3. The Morgan fingerprint density at radius 2 is 1.79 bits per heavy atom. The Kier molecular flexibility index (Phi) is 5.68. The van der Waals surface area contributed by atoms with Gasteiger partial charge in [0.1, 0.15) is 29.4 Å². The number of aromatic nitrogens is 3.